The van der Waals surface area contributed by atoms with Gasteiger partial charge < -0.3 is 14.3 Å². The smallest absolute Gasteiger partial charge is 0.230 e. The number of thioether (sulfide) groups is 1. The molecule has 27 heavy (non-hydrogen) atoms. The molecule has 1 atom stereocenters. The van der Waals surface area contributed by atoms with Gasteiger partial charge in [0.15, 0.2) is 11.0 Å². The summed E-state index contributed by atoms with van der Waals surface area (Å²) in [6.45, 7) is 1.90. The van der Waals surface area contributed by atoms with E-state index in [0.29, 0.717) is 10.9 Å². The van der Waals surface area contributed by atoms with Crippen molar-refractivity contribution in [2.24, 2.45) is 7.05 Å². The molecule has 1 amide bonds. The Morgan fingerprint density at radius 3 is 3.00 bits per heavy atom. The number of aromatic nitrogens is 3. The predicted molar refractivity (Wildman–Crippen MR) is 104 cm³/mol. The molecule has 0 bridgehead atoms. The van der Waals surface area contributed by atoms with Gasteiger partial charge in [-0.15, -0.1) is 10.2 Å². The van der Waals surface area contributed by atoms with Crippen LogP contribution in [0.25, 0.3) is 11.4 Å². The van der Waals surface area contributed by atoms with E-state index in [1.807, 2.05) is 30.7 Å². The lowest BCUT2D eigenvalue weighted by Crippen LogP contribution is -2.32. The summed E-state index contributed by atoms with van der Waals surface area (Å²) in [5, 5.41) is 12.4. The number of hydrogen-bond donors (Lipinski definition) is 1. The second kappa shape index (κ2) is 7.60. The molecule has 1 N–H and O–H groups in total. The van der Waals surface area contributed by atoms with E-state index >= 15 is 0 Å². The van der Waals surface area contributed by atoms with Crippen molar-refractivity contribution < 1.29 is 9.21 Å². The minimum Gasteiger partial charge on any atom is -0.469 e. The maximum Gasteiger partial charge on any atom is 0.230 e. The quantitative estimate of drug-likeness (QED) is 0.682. The zero-order chi connectivity index (χ0) is 18.8. The zero-order valence-corrected chi connectivity index (χ0v) is 16.3. The average Bonchev–Trinajstić information content (AvgIpc) is 3.25. The molecule has 0 saturated heterocycles. The lowest BCUT2D eigenvalue weighted by atomic mass is 9.88. The fourth-order valence-corrected chi connectivity index (χ4v) is 4.28. The molecule has 6 nitrogen and oxygen atoms in total. The van der Waals surface area contributed by atoms with Crippen molar-refractivity contribution in [3.63, 3.8) is 0 Å². The Morgan fingerprint density at radius 2 is 2.19 bits per heavy atom. The van der Waals surface area contributed by atoms with E-state index < -0.39 is 0 Å². The van der Waals surface area contributed by atoms with E-state index in [-0.39, 0.29) is 11.9 Å². The molecule has 0 saturated carbocycles. The van der Waals surface area contributed by atoms with Crippen LogP contribution in [0.4, 0.5) is 0 Å². The van der Waals surface area contributed by atoms with Gasteiger partial charge in [-0.2, -0.15) is 0 Å². The van der Waals surface area contributed by atoms with Gasteiger partial charge in [-0.05, 0) is 43.4 Å². The molecule has 140 valence electrons. The Kier molecular flexibility index (Phi) is 5.03. The number of carbonyl (C=O) groups excluding carboxylic acids is 1. The third kappa shape index (κ3) is 3.64. The van der Waals surface area contributed by atoms with Gasteiger partial charge in [0.05, 0.1) is 23.6 Å². The SMILES string of the molecule is Cc1occc1-c1nnc(SCC(=O)N[C@@H]2CCCc3ccccc32)n1C. The second-order valence-electron chi connectivity index (χ2n) is 6.76. The number of hydrogen-bond acceptors (Lipinski definition) is 5. The van der Waals surface area contributed by atoms with E-state index in [9.17, 15) is 4.79 Å². The first-order chi connectivity index (χ1) is 13.1. The number of amides is 1. The Balaban J connectivity index is 1.40. The maximum atomic E-state index is 12.5. The molecule has 0 unspecified atom stereocenters. The van der Waals surface area contributed by atoms with Crippen LogP contribution in [0.15, 0.2) is 46.2 Å². The zero-order valence-electron chi connectivity index (χ0n) is 15.4. The van der Waals surface area contributed by atoms with Crippen molar-refractivity contribution in [1.82, 2.24) is 20.1 Å². The third-order valence-corrected chi connectivity index (χ3v) is 5.99. The Bertz CT molecular complexity index is 963. The highest BCUT2D eigenvalue weighted by Gasteiger charge is 2.22. The van der Waals surface area contributed by atoms with Crippen molar-refractivity contribution in [1.29, 1.82) is 0 Å². The molecule has 1 aliphatic rings. The van der Waals surface area contributed by atoms with Crippen LogP contribution in [-0.2, 0) is 18.3 Å². The Hall–Kier alpha value is -2.54. The summed E-state index contributed by atoms with van der Waals surface area (Å²) in [5.74, 6) is 1.88. The van der Waals surface area contributed by atoms with Crippen LogP contribution in [0.3, 0.4) is 0 Å². The van der Waals surface area contributed by atoms with Crippen molar-refractivity contribution >= 4 is 17.7 Å². The van der Waals surface area contributed by atoms with Crippen molar-refractivity contribution in [3.05, 3.63) is 53.5 Å². The van der Waals surface area contributed by atoms with E-state index in [4.69, 9.17) is 4.42 Å². The first-order valence-corrected chi connectivity index (χ1v) is 10.1. The highest BCUT2D eigenvalue weighted by molar-refractivity contribution is 7.99. The highest BCUT2D eigenvalue weighted by Crippen LogP contribution is 2.30. The van der Waals surface area contributed by atoms with Crippen LogP contribution in [0.5, 0.6) is 0 Å². The van der Waals surface area contributed by atoms with E-state index in [1.54, 1.807) is 6.26 Å². The van der Waals surface area contributed by atoms with Gasteiger partial charge in [-0.3, -0.25) is 4.79 Å². The molecule has 1 aliphatic carbocycles. The van der Waals surface area contributed by atoms with Crippen molar-refractivity contribution in [2.75, 3.05) is 5.75 Å². The summed E-state index contributed by atoms with van der Waals surface area (Å²) < 4.78 is 7.24. The fourth-order valence-electron chi connectivity index (χ4n) is 3.56. The van der Waals surface area contributed by atoms with Crippen molar-refractivity contribution in [3.8, 4) is 11.4 Å². The van der Waals surface area contributed by atoms with Gasteiger partial charge in [0, 0.05) is 7.05 Å². The molecule has 2 heterocycles. The number of benzene rings is 1. The Labute approximate surface area is 162 Å². The second-order valence-corrected chi connectivity index (χ2v) is 7.70. The number of carbonyl (C=O) groups is 1. The molecule has 4 rings (SSSR count). The largest absolute Gasteiger partial charge is 0.469 e. The summed E-state index contributed by atoms with van der Waals surface area (Å²) in [6.07, 6.45) is 4.82. The molecular weight excluding hydrogens is 360 g/mol. The molecule has 0 fully saturated rings. The first-order valence-electron chi connectivity index (χ1n) is 9.07. The standard InChI is InChI=1S/C20H22N4O2S/c1-13-15(10-11-26-13)19-22-23-20(24(19)2)27-12-18(25)21-17-9-5-7-14-6-3-4-8-16(14)17/h3-4,6,8,10-11,17H,5,7,9,12H2,1-2H3,(H,21,25)/t17-/m1/s1. The average molecular weight is 382 g/mol. The monoisotopic (exact) mass is 382 g/mol. The molecule has 0 spiro atoms. The number of furan rings is 1. The maximum absolute atomic E-state index is 12.5. The summed E-state index contributed by atoms with van der Waals surface area (Å²) >= 11 is 1.40. The third-order valence-electron chi connectivity index (χ3n) is 4.97. The number of fused-ring (bicyclic) bond motifs is 1. The molecule has 2 aromatic heterocycles. The normalized spacial score (nSPS) is 16.1. The summed E-state index contributed by atoms with van der Waals surface area (Å²) in [7, 11) is 1.90. The van der Waals surface area contributed by atoms with Gasteiger partial charge in [0.1, 0.15) is 5.76 Å². The fraction of sp³-hybridized carbons (Fsp3) is 0.350. The van der Waals surface area contributed by atoms with E-state index in [0.717, 1.165) is 36.4 Å². The highest BCUT2D eigenvalue weighted by atomic mass is 32.2. The summed E-state index contributed by atoms with van der Waals surface area (Å²) in [6, 6.07) is 10.4. The van der Waals surface area contributed by atoms with Gasteiger partial charge in [-0.25, -0.2) is 0 Å². The molecule has 7 heteroatoms. The van der Waals surface area contributed by atoms with E-state index in [1.165, 1.54) is 22.9 Å². The number of aryl methyl sites for hydroxylation is 2. The summed E-state index contributed by atoms with van der Waals surface area (Å²) in [4.78, 5) is 12.5. The molecule has 3 aromatic rings. The summed E-state index contributed by atoms with van der Waals surface area (Å²) in [5.41, 5.74) is 3.51. The van der Waals surface area contributed by atoms with Crippen LogP contribution >= 0.6 is 11.8 Å². The van der Waals surface area contributed by atoms with Gasteiger partial charge in [0.2, 0.25) is 5.91 Å². The lowest BCUT2D eigenvalue weighted by molar-refractivity contribution is -0.119. The molecule has 0 radical (unpaired) electrons. The number of rotatable bonds is 5. The lowest BCUT2D eigenvalue weighted by Gasteiger charge is -2.26. The first kappa shape index (κ1) is 17.9. The topological polar surface area (TPSA) is 72.9 Å². The molecular formula is C20H22N4O2S. The van der Waals surface area contributed by atoms with Gasteiger partial charge in [-0.1, -0.05) is 36.0 Å². The van der Waals surface area contributed by atoms with Crippen LogP contribution in [0, 0.1) is 6.92 Å². The van der Waals surface area contributed by atoms with Crippen molar-refractivity contribution in [2.45, 2.75) is 37.4 Å². The minimum absolute atomic E-state index is 0.0192. The predicted octanol–water partition coefficient (Wildman–Crippen LogP) is 3.67. The minimum atomic E-state index is 0.0192. The van der Waals surface area contributed by atoms with Crippen LogP contribution in [0.2, 0.25) is 0 Å². The Morgan fingerprint density at radius 1 is 1.33 bits per heavy atom. The van der Waals surface area contributed by atoms with E-state index in [2.05, 4.69) is 33.7 Å². The van der Waals surface area contributed by atoms with Gasteiger partial charge >= 0.3 is 0 Å². The van der Waals surface area contributed by atoms with Crippen LogP contribution in [0.1, 0.15) is 35.8 Å². The molecule has 1 aromatic carbocycles. The molecule has 0 aliphatic heterocycles. The number of nitrogens with zero attached hydrogens (tertiary/aromatic N) is 3. The van der Waals surface area contributed by atoms with Gasteiger partial charge in [0.25, 0.3) is 0 Å². The van der Waals surface area contributed by atoms with Crippen LogP contribution in [-0.4, -0.2) is 26.4 Å². The number of nitrogens with one attached hydrogen (secondary N) is 1. The van der Waals surface area contributed by atoms with Crippen LogP contribution < -0.4 is 5.32 Å².